The first kappa shape index (κ1) is 11.1. The lowest BCUT2D eigenvalue weighted by Crippen LogP contribution is -2.36. The van der Waals surface area contributed by atoms with Crippen molar-refractivity contribution in [2.24, 2.45) is 5.73 Å². The van der Waals surface area contributed by atoms with Crippen molar-refractivity contribution in [3.63, 3.8) is 0 Å². The van der Waals surface area contributed by atoms with Gasteiger partial charge in [-0.2, -0.15) is 0 Å². The highest BCUT2D eigenvalue weighted by Gasteiger charge is 2.38. The fourth-order valence-electron chi connectivity index (χ4n) is 1.44. The van der Waals surface area contributed by atoms with Crippen LogP contribution in [0.1, 0.15) is 0 Å². The summed E-state index contributed by atoms with van der Waals surface area (Å²) in [6.07, 6.45) is 0. The average molecular weight is 251 g/mol. The number of rotatable bonds is 2. The van der Waals surface area contributed by atoms with Crippen molar-refractivity contribution in [3.05, 3.63) is 30.3 Å². The Bertz CT molecular complexity index is 460. The van der Waals surface area contributed by atoms with E-state index in [4.69, 9.17) is 23.4 Å². The molecule has 3 N–H and O–H groups in total. The Labute approximate surface area is 102 Å². The molecule has 0 bridgehead atoms. The van der Waals surface area contributed by atoms with Crippen LogP contribution in [-0.2, 0) is 4.79 Å². The van der Waals surface area contributed by atoms with Crippen molar-refractivity contribution in [1.82, 2.24) is 0 Å². The molecular weight excluding hydrogens is 242 g/mol. The van der Waals surface area contributed by atoms with Crippen LogP contribution in [0.4, 0.5) is 5.69 Å². The maximum Gasteiger partial charge on any atom is 0.238 e. The molecule has 82 valence electrons. The van der Waals surface area contributed by atoms with Crippen molar-refractivity contribution in [2.45, 2.75) is 5.25 Å². The number of nitrogens with one attached hydrogen (secondary N) is 1. The topological polar surface area (TPSA) is 70.2 Å². The summed E-state index contributed by atoms with van der Waals surface area (Å²) < 4.78 is 0.486. The highest BCUT2D eigenvalue weighted by Crippen LogP contribution is 2.31. The van der Waals surface area contributed by atoms with Gasteiger partial charge in [0, 0.05) is 5.69 Å². The van der Waals surface area contributed by atoms with Crippen LogP contribution in [0.25, 0.3) is 0 Å². The van der Waals surface area contributed by atoms with Crippen molar-refractivity contribution in [3.8, 4) is 0 Å². The lowest BCUT2D eigenvalue weighted by Gasteiger charge is -2.17. The molecule has 1 atom stereocenters. The normalized spacial score (nSPS) is 20.2. The van der Waals surface area contributed by atoms with Gasteiger partial charge < -0.3 is 5.73 Å². The second kappa shape index (κ2) is 4.23. The zero-order valence-electron chi connectivity index (χ0n) is 8.21. The Balaban J connectivity index is 2.34. The third kappa shape index (κ3) is 1.81. The molecule has 1 heterocycles. The molecule has 1 amide bonds. The molecule has 0 saturated carbocycles. The van der Waals surface area contributed by atoms with Gasteiger partial charge in [0.05, 0.1) is 0 Å². The van der Waals surface area contributed by atoms with Crippen molar-refractivity contribution in [2.75, 3.05) is 4.90 Å². The maximum absolute atomic E-state index is 11.1. The van der Waals surface area contributed by atoms with Gasteiger partial charge in [0.25, 0.3) is 0 Å². The molecule has 2 rings (SSSR count). The molecule has 1 aliphatic heterocycles. The van der Waals surface area contributed by atoms with Gasteiger partial charge in [-0.15, -0.1) is 0 Å². The quantitative estimate of drug-likeness (QED) is 0.779. The van der Waals surface area contributed by atoms with Gasteiger partial charge in [-0.25, -0.2) is 0 Å². The highest BCUT2D eigenvalue weighted by atomic mass is 32.2. The molecule has 0 unspecified atom stereocenters. The molecule has 6 heteroatoms. The van der Waals surface area contributed by atoms with E-state index in [1.165, 1.54) is 0 Å². The number of nitrogens with zero attached hydrogens (tertiary/aromatic N) is 1. The summed E-state index contributed by atoms with van der Waals surface area (Å²) in [5, 5.41) is 7.20. The van der Waals surface area contributed by atoms with E-state index in [1.807, 2.05) is 30.3 Å². The molecule has 1 fully saturated rings. The minimum Gasteiger partial charge on any atom is -0.368 e. The minimum absolute atomic E-state index is 0.133. The lowest BCUT2D eigenvalue weighted by molar-refractivity contribution is -0.116. The van der Waals surface area contributed by atoms with E-state index in [1.54, 1.807) is 4.90 Å². The Morgan fingerprint density at radius 2 is 2.06 bits per heavy atom. The number of para-hydroxylation sites is 1. The fourth-order valence-corrected chi connectivity index (χ4v) is 2.78. The summed E-state index contributed by atoms with van der Waals surface area (Å²) in [6.45, 7) is 0. The lowest BCUT2D eigenvalue weighted by atomic mass is 10.2. The van der Waals surface area contributed by atoms with E-state index in [2.05, 4.69) is 0 Å². The number of hydrogen-bond donors (Lipinski definition) is 2. The molecule has 1 aromatic rings. The SMILES string of the molecule is N=C1[C@@H](C(N)=O)SC(=S)N1c1ccccc1. The number of thiocarbonyl (C=S) groups is 1. The van der Waals surface area contributed by atoms with Gasteiger partial charge in [-0.3, -0.25) is 15.1 Å². The molecule has 1 aromatic carbocycles. The fraction of sp³-hybridized carbons (Fsp3) is 0.100. The molecule has 4 nitrogen and oxygen atoms in total. The zero-order chi connectivity index (χ0) is 11.7. The first-order valence-corrected chi connectivity index (χ1v) is 5.83. The van der Waals surface area contributed by atoms with Gasteiger partial charge in [0.15, 0.2) is 0 Å². The van der Waals surface area contributed by atoms with Crippen LogP contribution < -0.4 is 10.6 Å². The van der Waals surface area contributed by atoms with Gasteiger partial charge in [0.2, 0.25) is 5.91 Å². The number of primary amides is 1. The summed E-state index contributed by atoms with van der Waals surface area (Å²) in [6, 6.07) is 9.27. The van der Waals surface area contributed by atoms with Crippen LogP contribution in [0.2, 0.25) is 0 Å². The molecule has 0 spiro atoms. The summed E-state index contributed by atoms with van der Waals surface area (Å²) >= 11 is 6.28. The number of amidine groups is 1. The number of hydrogen-bond acceptors (Lipinski definition) is 4. The van der Waals surface area contributed by atoms with E-state index in [0.717, 1.165) is 17.4 Å². The van der Waals surface area contributed by atoms with E-state index < -0.39 is 11.2 Å². The summed E-state index contributed by atoms with van der Waals surface area (Å²) in [4.78, 5) is 12.7. The molecule has 16 heavy (non-hydrogen) atoms. The van der Waals surface area contributed by atoms with Crippen molar-refractivity contribution in [1.29, 1.82) is 5.41 Å². The van der Waals surface area contributed by atoms with Crippen molar-refractivity contribution < 1.29 is 4.79 Å². The minimum atomic E-state index is -0.673. The van der Waals surface area contributed by atoms with E-state index in [-0.39, 0.29) is 5.84 Å². The van der Waals surface area contributed by atoms with Gasteiger partial charge in [-0.1, -0.05) is 42.2 Å². The standard InChI is InChI=1S/C10H9N3OS2/c11-8-7(9(12)14)16-10(15)13(8)6-4-2-1-3-5-6/h1-5,7,11H,(H2,12,14)/t7-/m0/s1. The van der Waals surface area contributed by atoms with Crippen LogP contribution in [0.15, 0.2) is 30.3 Å². The summed E-state index contributed by atoms with van der Waals surface area (Å²) in [5.74, 6) is -0.399. The number of nitrogens with two attached hydrogens (primary N) is 1. The van der Waals surface area contributed by atoms with E-state index >= 15 is 0 Å². The van der Waals surface area contributed by atoms with E-state index in [9.17, 15) is 4.79 Å². The average Bonchev–Trinajstić information content (AvgIpc) is 2.56. The second-order valence-electron chi connectivity index (χ2n) is 3.22. The molecule has 1 aliphatic rings. The molecule has 0 radical (unpaired) electrons. The highest BCUT2D eigenvalue weighted by molar-refractivity contribution is 8.25. The number of amides is 1. The van der Waals surface area contributed by atoms with Crippen LogP contribution >= 0.6 is 24.0 Å². The largest absolute Gasteiger partial charge is 0.368 e. The smallest absolute Gasteiger partial charge is 0.238 e. The van der Waals surface area contributed by atoms with Crippen molar-refractivity contribution >= 4 is 45.7 Å². The molecule has 0 aromatic heterocycles. The number of carbonyl (C=O) groups is 1. The Kier molecular flexibility index (Phi) is 2.93. The summed E-state index contributed by atoms with van der Waals surface area (Å²) in [5.41, 5.74) is 5.99. The maximum atomic E-state index is 11.1. The Morgan fingerprint density at radius 1 is 1.44 bits per heavy atom. The van der Waals surface area contributed by atoms with Crippen LogP contribution in [0.5, 0.6) is 0 Å². The number of carbonyl (C=O) groups excluding carboxylic acids is 1. The predicted molar refractivity (Wildman–Crippen MR) is 69.8 cm³/mol. The van der Waals surface area contributed by atoms with E-state index in [0.29, 0.717) is 4.32 Å². The number of benzene rings is 1. The summed E-state index contributed by atoms with van der Waals surface area (Å²) in [7, 11) is 0. The Hall–Kier alpha value is -1.40. The third-order valence-corrected chi connectivity index (χ3v) is 3.71. The number of anilines is 1. The van der Waals surface area contributed by atoms with Gasteiger partial charge >= 0.3 is 0 Å². The van der Waals surface area contributed by atoms with Gasteiger partial charge in [0.1, 0.15) is 15.4 Å². The third-order valence-electron chi connectivity index (χ3n) is 2.16. The van der Waals surface area contributed by atoms with Crippen LogP contribution in [0, 0.1) is 5.41 Å². The zero-order valence-corrected chi connectivity index (χ0v) is 9.85. The van der Waals surface area contributed by atoms with Crippen LogP contribution in [0.3, 0.4) is 0 Å². The Morgan fingerprint density at radius 3 is 2.56 bits per heavy atom. The van der Waals surface area contributed by atoms with Gasteiger partial charge in [-0.05, 0) is 12.1 Å². The molecular formula is C10H9N3OS2. The predicted octanol–water partition coefficient (Wildman–Crippen LogP) is 1.36. The molecule has 0 aliphatic carbocycles. The first-order valence-electron chi connectivity index (χ1n) is 4.55. The number of thioether (sulfide) groups is 1. The second-order valence-corrected chi connectivity index (χ2v) is 4.96. The van der Waals surface area contributed by atoms with Crippen LogP contribution in [-0.4, -0.2) is 21.3 Å². The monoisotopic (exact) mass is 251 g/mol. The first-order chi connectivity index (χ1) is 7.61. The molecule has 1 saturated heterocycles.